The van der Waals surface area contributed by atoms with Gasteiger partial charge in [-0.3, -0.25) is 0 Å². The number of aryl methyl sites for hydroxylation is 2. The van der Waals surface area contributed by atoms with E-state index in [4.69, 9.17) is 4.74 Å². The van der Waals surface area contributed by atoms with Crippen molar-refractivity contribution in [1.29, 1.82) is 0 Å². The topological polar surface area (TPSA) is 29.5 Å². The minimum atomic E-state index is -0.324. The zero-order valence-corrected chi connectivity index (χ0v) is 14.1. The van der Waals surface area contributed by atoms with E-state index in [2.05, 4.69) is 41.3 Å². The zero-order valence-electron chi connectivity index (χ0n) is 14.1. The molecule has 0 saturated heterocycles. The Morgan fingerprint density at radius 2 is 1.24 bits per heavy atom. The molecule has 0 amide bonds. The number of hydrogen-bond acceptors (Lipinski definition) is 3. The van der Waals surface area contributed by atoms with Crippen LogP contribution in [0, 0.1) is 0 Å². The summed E-state index contributed by atoms with van der Waals surface area (Å²) >= 11 is 0. The predicted octanol–water partition coefficient (Wildman–Crippen LogP) is 5.04. The Balaban J connectivity index is 2.00. The lowest BCUT2D eigenvalue weighted by Gasteiger charge is -2.28. The molecular weight excluding hydrogens is 310 g/mol. The lowest BCUT2D eigenvalue weighted by Crippen LogP contribution is -2.16. The Hall–Kier alpha value is -3.07. The van der Waals surface area contributed by atoms with Gasteiger partial charge in [0.2, 0.25) is 0 Å². The maximum Gasteiger partial charge on any atom is 0.339 e. The molecule has 25 heavy (non-hydrogen) atoms. The summed E-state index contributed by atoms with van der Waals surface area (Å²) < 4.78 is 5.01. The summed E-state index contributed by atoms with van der Waals surface area (Å²) in [5, 5.41) is 0. The number of methoxy groups -OCH3 is 1. The van der Waals surface area contributed by atoms with Crippen molar-refractivity contribution < 1.29 is 9.53 Å². The van der Waals surface area contributed by atoms with Crippen molar-refractivity contribution in [1.82, 2.24) is 0 Å². The summed E-state index contributed by atoms with van der Waals surface area (Å²) in [6.07, 6.45) is 1.95. The third kappa shape index (κ3) is 2.68. The fourth-order valence-electron chi connectivity index (χ4n) is 3.49. The molecule has 3 aromatic carbocycles. The maximum atomic E-state index is 12.3. The van der Waals surface area contributed by atoms with Gasteiger partial charge in [-0.1, -0.05) is 48.5 Å². The van der Waals surface area contributed by atoms with Crippen molar-refractivity contribution in [2.24, 2.45) is 0 Å². The van der Waals surface area contributed by atoms with Crippen LogP contribution in [0.4, 0.5) is 17.1 Å². The molecule has 0 spiro atoms. The molecule has 0 N–H and O–H groups in total. The van der Waals surface area contributed by atoms with Crippen molar-refractivity contribution in [3.05, 3.63) is 89.5 Å². The number of anilines is 3. The maximum absolute atomic E-state index is 12.3. The van der Waals surface area contributed by atoms with E-state index in [1.54, 1.807) is 0 Å². The summed E-state index contributed by atoms with van der Waals surface area (Å²) in [6, 6.07) is 24.4. The zero-order chi connectivity index (χ0) is 17.2. The van der Waals surface area contributed by atoms with E-state index < -0.39 is 0 Å². The Kier molecular flexibility index (Phi) is 3.98. The molecule has 1 aliphatic heterocycles. The van der Waals surface area contributed by atoms with Crippen LogP contribution in [-0.4, -0.2) is 13.1 Å². The van der Waals surface area contributed by atoms with Crippen molar-refractivity contribution in [3.63, 3.8) is 0 Å². The lowest BCUT2D eigenvalue weighted by molar-refractivity contribution is 0.0601. The van der Waals surface area contributed by atoms with Crippen LogP contribution in [0.25, 0.3) is 0 Å². The van der Waals surface area contributed by atoms with Gasteiger partial charge in [-0.2, -0.15) is 0 Å². The van der Waals surface area contributed by atoms with Crippen LogP contribution in [0.3, 0.4) is 0 Å². The summed E-state index contributed by atoms with van der Waals surface area (Å²) in [6.45, 7) is 0. The Morgan fingerprint density at radius 1 is 0.760 bits per heavy atom. The highest BCUT2D eigenvalue weighted by molar-refractivity contribution is 5.99. The van der Waals surface area contributed by atoms with Gasteiger partial charge in [0.05, 0.1) is 18.4 Å². The van der Waals surface area contributed by atoms with Gasteiger partial charge in [-0.25, -0.2) is 4.79 Å². The van der Waals surface area contributed by atoms with Gasteiger partial charge < -0.3 is 9.64 Å². The first kappa shape index (κ1) is 15.5. The summed E-state index contributed by atoms with van der Waals surface area (Å²) in [7, 11) is 1.42. The Labute approximate surface area is 147 Å². The van der Waals surface area contributed by atoms with Crippen LogP contribution in [0.5, 0.6) is 0 Å². The van der Waals surface area contributed by atoms with E-state index in [-0.39, 0.29) is 5.97 Å². The van der Waals surface area contributed by atoms with Crippen LogP contribution in [-0.2, 0) is 17.6 Å². The van der Waals surface area contributed by atoms with Crippen LogP contribution >= 0.6 is 0 Å². The number of carbonyl (C=O) groups excluding carboxylic acids is 1. The normalized spacial score (nSPS) is 12.8. The molecule has 0 aromatic heterocycles. The third-order valence-electron chi connectivity index (χ3n) is 4.68. The highest BCUT2D eigenvalue weighted by Crippen LogP contribution is 2.42. The third-order valence-corrected chi connectivity index (χ3v) is 4.68. The van der Waals surface area contributed by atoms with Gasteiger partial charge in [-0.15, -0.1) is 0 Å². The molecule has 0 atom stereocenters. The molecule has 124 valence electrons. The minimum Gasteiger partial charge on any atom is -0.465 e. The van der Waals surface area contributed by atoms with Gasteiger partial charge in [0.1, 0.15) is 0 Å². The van der Waals surface area contributed by atoms with Gasteiger partial charge in [0.15, 0.2) is 0 Å². The molecule has 0 saturated carbocycles. The van der Waals surface area contributed by atoms with Crippen molar-refractivity contribution >= 4 is 23.0 Å². The SMILES string of the molecule is COC(=O)c1ccccc1N1c2ccccc2CCc2ccccc21. The average Bonchev–Trinajstić information content (AvgIpc) is 2.84. The fourth-order valence-corrected chi connectivity index (χ4v) is 3.49. The second kappa shape index (κ2) is 6.44. The number of fused-ring (bicyclic) bond motifs is 2. The molecule has 4 rings (SSSR count). The molecule has 3 heteroatoms. The minimum absolute atomic E-state index is 0.324. The first-order valence-electron chi connectivity index (χ1n) is 8.43. The molecule has 0 radical (unpaired) electrons. The lowest BCUT2D eigenvalue weighted by atomic mass is 10.0. The predicted molar refractivity (Wildman–Crippen MR) is 99.9 cm³/mol. The van der Waals surface area contributed by atoms with Crippen LogP contribution in [0.15, 0.2) is 72.8 Å². The first-order chi connectivity index (χ1) is 12.3. The number of hydrogen-bond donors (Lipinski definition) is 0. The molecule has 0 bridgehead atoms. The van der Waals surface area contributed by atoms with Gasteiger partial charge in [-0.05, 0) is 48.2 Å². The van der Waals surface area contributed by atoms with Crippen molar-refractivity contribution in [2.45, 2.75) is 12.8 Å². The first-order valence-corrected chi connectivity index (χ1v) is 8.43. The quantitative estimate of drug-likeness (QED) is 0.617. The molecule has 3 nitrogen and oxygen atoms in total. The number of esters is 1. The van der Waals surface area contributed by atoms with E-state index in [0.29, 0.717) is 5.56 Å². The van der Waals surface area contributed by atoms with E-state index in [0.717, 1.165) is 29.9 Å². The number of benzene rings is 3. The van der Waals surface area contributed by atoms with Gasteiger partial charge >= 0.3 is 5.97 Å². The van der Waals surface area contributed by atoms with E-state index >= 15 is 0 Å². The van der Waals surface area contributed by atoms with Crippen molar-refractivity contribution in [3.8, 4) is 0 Å². The molecule has 0 fully saturated rings. The van der Waals surface area contributed by atoms with Gasteiger partial charge in [0, 0.05) is 11.4 Å². The highest BCUT2D eigenvalue weighted by Gasteiger charge is 2.25. The van der Waals surface area contributed by atoms with Crippen LogP contribution in [0.1, 0.15) is 21.5 Å². The smallest absolute Gasteiger partial charge is 0.339 e. The van der Waals surface area contributed by atoms with E-state index in [1.165, 1.54) is 18.2 Å². The van der Waals surface area contributed by atoms with E-state index in [9.17, 15) is 4.79 Å². The van der Waals surface area contributed by atoms with Crippen LogP contribution in [0.2, 0.25) is 0 Å². The standard InChI is InChI=1S/C22H19NO2/c1-25-22(24)18-10-4-7-13-21(18)23-19-11-5-2-8-16(19)14-15-17-9-3-6-12-20(17)23/h2-13H,14-15H2,1H3. The number of ether oxygens (including phenoxy) is 1. The second-order valence-electron chi connectivity index (χ2n) is 6.10. The molecular formula is C22H19NO2. The van der Waals surface area contributed by atoms with Gasteiger partial charge in [0.25, 0.3) is 0 Å². The Morgan fingerprint density at radius 3 is 1.80 bits per heavy atom. The number of nitrogens with zero attached hydrogens (tertiary/aromatic N) is 1. The highest BCUT2D eigenvalue weighted by atomic mass is 16.5. The van der Waals surface area contributed by atoms with Crippen LogP contribution < -0.4 is 4.90 Å². The molecule has 1 aliphatic rings. The number of rotatable bonds is 2. The molecule has 1 heterocycles. The monoisotopic (exact) mass is 329 g/mol. The average molecular weight is 329 g/mol. The molecule has 3 aromatic rings. The second-order valence-corrected chi connectivity index (χ2v) is 6.10. The fraction of sp³-hybridized carbons (Fsp3) is 0.136. The Bertz CT molecular complexity index is 885. The largest absolute Gasteiger partial charge is 0.465 e. The van der Waals surface area contributed by atoms with E-state index in [1.807, 2.05) is 36.4 Å². The van der Waals surface area contributed by atoms with Crippen molar-refractivity contribution in [2.75, 3.05) is 12.0 Å². The summed E-state index contributed by atoms with van der Waals surface area (Å²) in [5.41, 5.74) is 6.19. The number of para-hydroxylation sites is 3. The molecule has 0 unspecified atom stereocenters. The molecule has 0 aliphatic carbocycles. The summed E-state index contributed by atoms with van der Waals surface area (Å²) in [5.74, 6) is -0.324. The number of carbonyl (C=O) groups is 1. The summed E-state index contributed by atoms with van der Waals surface area (Å²) in [4.78, 5) is 14.5.